The highest BCUT2D eigenvalue weighted by Crippen LogP contribution is 2.41. The molecule has 4 aromatic rings. The summed E-state index contributed by atoms with van der Waals surface area (Å²) in [6.07, 6.45) is 1.03. The number of hydrogen-bond donors (Lipinski definition) is 0. The Morgan fingerprint density at radius 3 is 2.32 bits per heavy atom. The van der Waals surface area contributed by atoms with E-state index in [1.807, 2.05) is 0 Å². The second-order valence-electron chi connectivity index (χ2n) is 6.44. The monoisotopic (exact) mass is 284 g/mol. The molecule has 0 radical (unpaired) electrons. The lowest BCUT2D eigenvalue weighted by Crippen LogP contribution is -1.81. The summed E-state index contributed by atoms with van der Waals surface area (Å²) in [5, 5.41) is 2.45. The van der Waals surface area contributed by atoms with E-state index in [-0.39, 0.29) is 0 Å². The number of rotatable bonds is 0. The molecule has 0 fully saturated rings. The lowest BCUT2D eigenvalue weighted by atomic mass is 10.0. The highest BCUT2D eigenvalue weighted by Gasteiger charge is 2.21. The minimum absolute atomic E-state index is 0.989. The van der Waals surface area contributed by atoms with Crippen molar-refractivity contribution in [2.24, 2.45) is 0 Å². The van der Waals surface area contributed by atoms with Gasteiger partial charge in [0, 0.05) is 10.8 Å². The molecular weight excluding hydrogens is 268 g/mol. The van der Waals surface area contributed by atoms with E-state index in [9.17, 15) is 0 Å². The third-order valence-corrected chi connectivity index (χ3v) is 4.78. The minimum Gasteiger partial charge on any atom is -0.456 e. The summed E-state index contributed by atoms with van der Waals surface area (Å²) in [4.78, 5) is 0. The van der Waals surface area contributed by atoms with Crippen molar-refractivity contribution in [1.82, 2.24) is 0 Å². The van der Waals surface area contributed by atoms with Gasteiger partial charge in [0.2, 0.25) is 0 Å². The van der Waals surface area contributed by atoms with E-state index in [2.05, 4.69) is 62.4 Å². The van der Waals surface area contributed by atoms with Gasteiger partial charge in [-0.25, -0.2) is 0 Å². The quantitative estimate of drug-likeness (QED) is 0.351. The van der Waals surface area contributed by atoms with Crippen molar-refractivity contribution in [3.8, 4) is 11.1 Å². The van der Waals surface area contributed by atoms with E-state index in [0.717, 1.165) is 17.6 Å². The fourth-order valence-corrected chi connectivity index (χ4v) is 3.71. The van der Waals surface area contributed by atoms with Crippen molar-refractivity contribution in [2.45, 2.75) is 20.3 Å². The Kier molecular flexibility index (Phi) is 2.20. The largest absolute Gasteiger partial charge is 0.456 e. The van der Waals surface area contributed by atoms with Crippen LogP contribution in [0.25, 0.3) is 33.1 Å². The Morgan fingerprint density at radius 2 is 1.41 bits per heavy atom. The third kappa shape index (κ3) is 1.54. The molecule has 0 atom stereocenters. The maximum absolute atomic E-state index is 6.10. The van der Waals surface area contributed by atoms with Crippen LogP contribution < -0.4 is 0 Å². The highest BCUT2D eigenvalue weighted by atomic mass is 16.3. The zero-order chi connectivity index (χ0) is 14.8. The molecule has 0 bridgehead atoms. The van der Waals surface area contributed by atoms with Crippen molar-refractivity contribution in [3.05, 3.63) is 70.8 Å². The Labute approximate surface area is 129 Å². The van der Waals surface area contributed by atoms with Crippen LogP contribution in [0.2, 0.25) is 0 Å². The van der Waals surface area contributed by atoms with Gasteiger partial charge in [-0.3, -0.25) is 0 Å². The summed E-state index contributed by atoms with van der Waals surface area (Å²) in [5.41, 5.74) is 10.1. The molecule has 22 heavy (non-hydrogen) atoms. The molecule has 3 aromatic carbocycles. The molecule has 0 spiro atoms. The van der Waals surface area contributed by atoms with Gasteiger partial charge in [-0.2, -0.15) is 0 Å². The van der Waals surface area contributed by atoms with Crippen LogP contribution in [0.3, 0.4) is 0 Å². The number of furan rings is 1. The van der Waals surface area contributed by atoms with Crippen LogP contribution in [0.1, 0.15) is 22.3 Å². The SMILES string of the molecule is Cc1ccc2c(c1)Cc1cc3c(cc1-2)oc1cc(C)ccc13. The van der Waals surface area contributed by atoms with E-state index in [1.165, 1.54) is 44.2 Å². The molecule has 1 aliphatic carbocycles. The van der Waals surface area contributed by atoms with Crippen molar-refractivity contribution in [3.63, 3.8) is 0 Å². The normalized spacial score (nSPS) is 12.8. The summed E-state index contributed by atoms with van der Waals surface area (Å²) >= 11 is 0. The smallest absolute Gasteiger partial charge is 0.136 e. The average molecular weight is 284 g/mol. The zero-order valence-electron chi connectivity index (χ0n) is 12.7. The van der Waals surface area contributed by atoms with E-state index in [1.54, 1.807) is 0 Å². The molecule has 1 heteroatoms. The van der Waals surface area contributed by atoms with Gasteiger partial charge in [-0.05, 0) is 66.3 Å². The summed E-state index contributed by atoms with van der Waals surface area (Å²) in [7, 11) is 0. The average Bonchev–Trinajstić information content (AvgIpc) is 3.00. The van der Waals surface area contributed by atoms with Gasteiger partial charge in [0.15, 0.2) is 0 Å². The first-order valence-electron chi connectivity index (χ1n) is 7.75. The van der Waals surface area contributed by atoms with Crippen molar-refractivity contribution < 1.29 is 4.42 Å². The Hall–Kier alpha value is -2.54. The first kappa shape index (κ1) is 12.0. The molecule has 0 unspecified atom stereocenters. The summed E-state index contributed by atoms with van der Waals surface area (Å²) < 4.78 is 6.10. The Bertz CT molecular complexity index is 1070. The van der Waals surface area contributed by atoms with E-state index in [4.69, 9.17) is 4.42 Å². The van der Waals surface area contributed by atoms with Crippen LogP contribution in [0.4, 0.5) is 0 Å². The van der Waals surface area contributed by atoms with Gasteiger partial charge in [-0.15, -0.1) is 0 Å². The molecular formula is C21H16O. The minimum atomic E-state index is 0.989. The molecule has 0 amide bonds. The topological polar surface area (TPSA) is 13.1 Å². The second kappa shape index (κ2) is 4.01. The lowest BCUT2D eigenvalue weighted by molar-refractivity contribution is 0.668. The van der Waals surface area contributed by atoms with Crippen LogP contribution >= 0.6 is 0 Å². The highest BCUT2D eigenvalue weighted by molar-refractivity contribution is 6.07. The second-order valence-corrected chi connectivity index (χ2v) is 6.44. The van der Waals surface area contributed by atoms with Gasteiger partial charge in [0.1, 0.15) is 11.2 Å². The Morgan fingerprint density at radius 1 is 0.682 bits per heavy atom. The van der Waals surface area contributed by atoms with E-state index in [0.29, 0.717) is 0 Å². The van der Waals surface area contributed by atoms with E-state index < -0.39 is 0 Å². The molecule has 1 nitrogen and oxygen atoms in total. The maximum atomic E-state index is 6.10. The van der Waals surface area contributed by atoms with Crippen LogP contribution in [-0.2, 0) is 6.42 Å². The van der Waals surface area contributed by atoms with E-state index >= 15 is 0 Å². The van der Waals surface area contributed by atoms with Gasteiger partial charge < -0.3 is 4.42 Å². The lowest BCUT2D eigenvalue weighted by Gasteiger charge is -2.01. The van der Waals surface area contributed by atoms with Crippen molar-refractivity contribution >= 4 is 21.9 Å². The fourth-order valence-electron chi connectivity index (χ4n) is 3.71. The first-order chi connectivity index (χ1) is 10.7. The predicted octanol–water partition coefficient (Wildman–Crippen LogP) is 5.77. The molecule has 0 aliphatic heterocycles. The van der Waals surface area contributed by atoms with Gasteiger partial charge in [0.05, 0.1) is 0 Å². The van der Waals surface area contributed by atoms with Crippen molar-refractivity contribution in [1.29, 1.82) is 0 Å². The van der Waals surface area contributed by atoms with Crippen molar-refractivity contribution in [2.75, 3.05) is 0 Å². The number of benzene rings is 3. The summed E-state index contributed by atoms with van der Waals surface area (Å²) in [6.45, 7) is 4.26. The number of hydrogen-bond acceptors (Lipinski definition) is 1. The van der Waals surface area contributed by atoms with Gasteiger partial charge in [0.25, 0.3) is 0 Å². The van der Waals surface area contributed by atoms with Crippen LogP contribution in [-0.4, -0.2) is 0 Å². The molecule has 0 N–H and O–H groups in total. The van der Waals surface area contributed by atoms with Crippen LogP contribution in [0.5, 0.6) is 0 Å². The predicted molar refractivity (Wildman–Crippen MR) is 91.4 cm³/mol. The molecule has 0 saturated carbocycles. The maximum Gasteiger partial charge on any atom is 0.136 e. The molecule has 1 aliphatic rings. The summed E-state index contributed by atoms with van der Waals surface area (Å²) in [5.74, 6) is 0. The van der Waals surface area contributed by atoms with Crippen LogP contribution in [0.15, 0.2) is 52.9 Å². The molecule has 1 aromatic heterocycles. The standard InChI is InChI=1S/C21H16O/c1-12-3-5-16-14(7-12)9-15-10-19-17-6-4-13(2)8-20(17)22-21(19)11-18(15)16/h3-8,10-11H,9H2,1-2H3. The number of fused-ring (bicyclic) bond motifs is 6. The Balaban J connectivity index is 1.83. The molecule has 106 valence electrons. The van der Waals surface area contributed by atoms with Gasteiger partial charge in [-0.1, -0.05) is 35.9 Å². The third-order valence-electron chi connectivity index (χ3n) is 4.78. The molecule has 5 rings (SSSR count). The van der Waals surface area contributed by atoms with Crippen LogP contribution in [0, 0.1) is 13.8 Å². The fraction of sp³-hybridized carbons (Fsp3) is 0.143. The summed E-state index contributed by atoms with van der Waals surface area (Å²) in [6, 6.07) is 17.7. The first-order valence-corrected chi connectivity index (χ1v) is 7.75. The van der Waals surface area contributed by atoms with Gasteiger partial charge >= 0.3 is 0 Å². The molecule has 1 heterocycles. The molecule has 0 saturated heterocycles. The number of aryl methyl sites for hydroxylation is 2. The zero-order valence-corrected chi connectivity index (χ0v) is 12.7.